The van der Waals surface area contributed by atoms with Crippen LogP contribution in [0.2, 0.25) is 0 Å². The summed E-state index contributed by atoms with van der Waals surface area (Å²) < 4.78 is 5.79. The molecule has 3 heteroatoms. The Morgan fingerprint density at radius 2 is 2.13 bits per heavy atom. The first-order chi connectivity index (χ1) is 7.28. The van der Waals surface area contributed by atoms with Gasteiger partial charge < -0.3 is 9.64 Å². The van der Waals surface area contributed by atoms with Crippen LogP contribution < -0.4 is 4.74 Å². The SMILES string of the molecule is CN1CC[C@H](Oc2ccc(C#N)cc2)C1. The molecule has 0 bridgehead atoms. The molecule has 1 aromatic carbocycles. The van der Waals surface area contributed by atoms with Crippen LogP contribution in [0.25, 0.3) is 0 Å². The van der Waals surface area contributed by atoms with E-state index >= 15 is 0 Å². The number of ether oxygens (including phenoxy) is 1. The summed E-state index contributed by atoms with van der Waals surface area (Å²) in [5.41, 5.74) is 0.672. The summed E-state index contributed by atoms with van der Waals surface area (Å²) in [6, 6.07) is 9.38. The zero-order chi connectivity index (χ0) is 10.7. The van der Waals surface area contributed by atoms with Gasteiger partial charge in [-0.15, -0.1) is 0 Å². The van der Waals surface area contributed by atoms with Crippen LogP contribution >= 0.6 is 0 Å². The Balaban J connectivity index is 1.96. The Bertz CT molecular complexity index is 366. The van der Waals surface area contributed by atoms with Gasteiger partial charge in [-0.3, -0.25) is 0 Å². The maximum Gasteiger partial charge on any atom is 0.119 e. The summed E-state index contributed by atoms with van der Waals surface area (Å²) in [4.78, 5) is 2.26. The van der Waals surface area contributed by atoms with Crippen molar-refractivity contribution in [2.24, 2.45) is 0 Å². The molecular formula is C12H14N2O. The highest BCUT2D eigenvalue weighted by molar-refractivity contribution is 5.34. The molecule has 1 aromatic rings. The lowest BCUT2D eigenvalue weighted by Gasteiger charge is -2.13. The van der Waals surface area contributed by atoms with Crippen molar-refractivity contribution in [2.75, 3.05) is 20.1 Å². The number of nitriles is 1. The van der Waals surface area contributed by atoms with Crippen LogP contribution in [0.3, 0.4) is 0 Å². The van der Waals surface area contributed by atoms with Gasteiger partial charge >= 0.3 is 0 Å². The molecule has 0 saturated carbocycles. The van der Waals surface area contributed by atoms with Crippen LogP contribution in [0, 0.1) is 11.3 Å². The highest BCUT2D eigenvalue weighted by Crippen LogP contribution is 2.17. The molecule has 0 unspecified atom stereocenters. The molecule has 2 rings (SSSR count). The van der Waals surface area contributed by atoms with Crippen LogP contribution in [0.1, 0.15) is 12.0 Å². The number of hydrogen-bond donors (Lipinski definition) is 0. The van der Waals surface area contributed by atoms with E-state index in [0.717, 1.165) is 25.3 Å². The number of likely N-dealkylation sites (tertiary alicyclic amines) is 1. The van der Waals surface area contributed by atoms with E-state index in [1.54, 1.807) is 12.1 Å². The first kappa shape index (κ1) is 10.0. The van der Waals surface area contributed by atoms with Gasteiger partial charge in [0.2, 0.25) is 0 Å². The van der Waals surface area contributed by atoms with Crippen molar-refractivity contribution in [1.29, 1.82) is 5.26 Å². The smallest absolute Gasteiger partial charge is 0.119 e. The number of nitrogens with zero attached hydrogens (tertiary/aromatic N) is 2. The Labute approximate surface area is 89.9 Å². The Morgan fingerprint density at radius 3 is 2.67 bits per heavy atom. The average Bonchev–Trinajstić information content (AvgIpc) is 2.65. The van der Waals surface area contributed by atoms with E-state index in [-0.39, 0.29) is 0 Å². The Hall–Kier alpha value is -1.53. The summed E-state index contributed by atoms with van der Waals surface area (Å²) in [5, 5.41) is 8.65. The topological polar surface area (TPSA) is 36.3 Å². The van der Waals surface area contributed by atoms with E-state index in [1.165, 1.54) is 0 Å². The van der Waals surface area contributed by atoms with E-state index in [4.69, 9.17) is 10.00 Å². The molecule has 0 N–H and O–H groups in total. The van der Waals surface area contributed by atoms with Gasteiger partial charge in [0.1, 0.15) is 11.9 Å². The standard InChI is InChI=1S/C12H14N2O/c1-14-7-6-12(9-14)15-11-4-2-10(8-13)3-5-11/h2-5,12H,6-7,9H2,1H3/t12-/m0/s1. The molecule has 3 nitrogen and oxygen atoms in total. The fraction of sp³-hybridized carbons (Fsp3) is 0.417. The molecular weight excluding hydrogens is 188 g/mol. The number of rotatable bonds is 2. The minimum absolute atomic E-state index is 0.294. The van der Waals surface area contributed by atoms with Gasteiger partial charge in [-0.25, -0.2) is 0 Å². The second-order valence-corrected chi connectivity index (χ2v) is 3.93. The molecule has 15 heavy (non-hydrogen) atoms. The van der Waals surface area contributed by atoms with Gasteiger partial charge in [0.25, 0.3) is 0 Å². The molecule has 0 amide bonds. The van der Waals surface area contributed by atoms with Crippen molar-refractivity contribution in [2.45, 2.75) is 12.5 Å². The number of benzene rings is 1. The second kappa shape index (κ2) is 4.33. The predicted molar refractivity (Wildman–Crippen MR) is 57.7 cm³/mol. The van der Waals surface area contributed by atoms with Crippen LogP contribution in [-0.2, 0) is 0 Å². The van der Waals surface area contributed by atoms with Crippen molar-refractivity contribution in [3.8, 4) is 11.8 Å². The molecule has 78 valence electrons. The third-order valence-corrected chi connectivity index (χ3v) is 2.63. The van der Waals surface area contributed by atoms with Gasteiger partial charge in [0.05, 0.1) is 11.6 Å². The van der Waals surface area contributed by atoms with E-state index in [2.05, 4.69) is 18.0 Å². The van der Waals surface area contributed by atoms with Crippen LogP contribution in [0.5, 0.6) is 5.75 Å². The second-order valence-electron chi connectivity index (χ2n) is 3.93. The van der Waals surface area contributed by atoms with Crippen molar-refractivity contribution in [3.63, 3.8) is 0 Å². The zero-order valence-corrected chi connectivity index (χ0v) is 8.81. The number of likely N-dealkylation sites (N-methyl/N-ethyl adjacent to an activating group) is 1. The lowest BCUT2D eigenvalue weighted by atomic mass is 10.2. The third kappa shape index (κ3) is 2.48. The molecule has 1 saturated heterocycles. The van der Waals surface area contributed by atoms with E-state index in [0.29, 0.717) is 11.7 Å². The first-order valence-electron chi connectivity index (χ1n) is 5.13. The summed E-state index contributed by atoms with van der Waals surface area (Å²) in [6.07, 6.45) is 1.37. The Morgan fingerprint density at radius 1 is 1.40 bits per heavy atom. The molecule has 0 radical (unpaired) electrons. The maximum atomic E-state index is 8.65. The first-order valence-corrected chi connectivity index (χ1v) is 5.13. The molecule has 0 spiro atoms. The van der Waals surface area contributed by atoms with Crippen LogP contribution in [-0.4, -0.2) is 31.1 Å². The fourth-order valence-electron chi connectivity index (χ4n) is 1.79. The minimum atomic E-state index is 0.294. The monoisotopic (exact) mass is 202 g/mol. The Kier molecular flexibility index (Phi) is 2.89. The van der Waals surface area contributed by atoms with Crippen molar-refractivity contribution < 1.29 is 4.74 Å². The molecule has 1 atom stereocenters. The fourth-order valence-corrected chi connectivity index (χ4v) is 1.79. The largest absolute Gasteiger partial charge is 0.489 e. The summed E-state index contributed by atoms with van der Waals surface area (Å²) in [7, 11) is 2.10. The number of hydrogen-bond acceptors (Lipinski definition) is 3. The average molecular weight is 202 g/mol. The summed E-state index contributed by atoms with van der Waals surface area (Å²) >= 11 is 0. The predicted octanol–water partition coefficient (Wildman–Crippen LogP) is 1.64. The maximum absolute atomic E-state index is 8.65. The van der Waals surface area contributed by atoms with Crippen LogP contribution in [0.4, 0.5) is 0 Å². The van der Waals surface area contributed by atoms with Crippen LogP contribution in [0.15, 0.2) is 24.3 Å². The van der Waals surface area contributed by atoms with Gasteiger partial charge in [-0.05, 0) is 37.7 Å². The van der Waals surface area contributed by atoms with Gasteiger partial charge in [0.15, 0.2) is 0 Å². The summed E-state index contributed by atoms with van der Waals surface area (Å²) in [5.74, 6) is 0.856. The third-order valence-electron chi connectivity index (χ3n) is 2.63. The van der Waals surface area contributed by atoms with Gasteiger partial charge in [0, 0.05) is 13.1 Å². The molecule has 1 heterocycles. The molecule has 1 aliphatic rings. The minimum Gasteiger partial charge on any atom is -0.489 e. The molecule has 1 aliphatic heterocycles. The highest BCUT2D eigenvalue weighted by Gasteiger charge is 2.20. The van der Waals surface area contributed by atoms with Crippen molar-refractivity contribution in [1.82, 2.24) is 4.90 Å². The van der Waals surface area contributed by atoms with E-state index < -0.39 is 0 Å². The quantitative estimate of drug-likeness (QED) is 0.731. The molecule has 1 fully saturated rings. The van der Waals surface area contributed by atoms with Crippen molar-refractivity contribution in [3.05, 3.63) is 29.8 Å². The lowest BCUT2D eigenvalue weighted by Crippen LogP contribution is -2.21. The molecule has 0 aromatic heterocycles. The van der Waals surface area contributed by atoms with Gasteiger partial charge in [-0.2, -0.15) is 5.26 Å². The lowest BCUT2D eigenvalue weighted by molar-refractivity contribution is 0.208. The molecule has 0 aliphatic carbocycles. The normalized spacial score (nSPS) is 21.2. The van der Waals surface area contributed by atoms with Gasteiger partial charge in [-0.1, -0.05) is 0 Å². The summed E-state index contributed by atoms with van der Waals surface area (Å²) in [6.45, 7) is 2.08. The van der Waals surface area contributed by atoms with Crippen molar-refractivity contribution >= 4 is 0 Å². The highest BCUT2D eigenvalue weighted by atomic mass is 16.5. The van der Waals surface area contributed by atoms with E-state index in [9.17, 15) is 0 Å². The zero-order valence-electron chi connectivity index (χ0n) is 8.81. The van der Waals surface area contributed by atoms with E-state index in [1.807, 2.05) is 12.1 Å².